The van der Waals surface area contributed by atoms with Crippen molar-refractivity contribution in [3.8, 4) is 0 Å². The number of benzene rings is 1. The minimum absolute atomic E-state index is 0.108. The minimum atomic E-state index is -0.254. The summed E-state index contributed by atoms with van der Waals surface area (Å²) in [5.41, 5.74) is 3.11. The number of hydrogen-bond donors (Lipinski definition) is 1. The minimum Gasteiger partial charge on any atom is -0.336 e. The summed E-state index contributed by atoms with van der Waals surface area (Å²) < 4.78 is 13.3. The van der Waals surface area contributed by atoms with Crippen LogP contribution in [0.5, 0.6) is 0 Å². The fourth-order valence-corrected chi connectivity index (χ4v) is 3.57. The van der Waals surface area contributed by atoms with E-state index in [0.29, 0.717) is 19.6 Å². The first kappa shape index (κ1) is 16.0. The second-order valence-electron chi connectivity index (χ2n) is 5.99. The summed E-state index contributed by atoms with van der Waals surface area (Å²) in [6, 6.07) is 6.83. The Morgan fingerprint density at radius 1 is 1.35 bits per heavy atom. The number of amides is 2. The molecule has 1 aromatic carbocycles. The Balaban J connectivity index is 1.60. The number of halogens is 1. The van der Waals surface area contributed by atoms with Crippen molar-refractivity contribution < 1.29 is 9.18 Å². The molecule has 2 aromatic rings. The lowest BCUT2D eigenvalue weighted by atomic mass is 10.1. The van der Waals surface area contributed by atoms with Crippen LogP contribution in [0, 0.1) is 5.82 Å². The molecule has 1 atom stereocenters. The number of likely N-dealkylation sites (N-methyl/N-ethyl adjacent to an activating group) is 1. The van der Waals surface area contributed by atoms with Crippen LogP contribution in [0.1, 0.15) is 22.7 Å². The van der Waals surface area contributed by atoms with Gasteiger partial charge >= 0.3 is 6.03 Å². The van der Waals surface area contributed by atoms with Gasteiger partial charge in [-0.05, 0) is 59.7 Å². The summed E-state index contributed by atoms with van der Waals surface area (Å²) >= 11 is 1.65. The van der Waals surface area contributed by atoms with E-state index in [-0.39, 0.29) is 17.9 Å². The fraction of sp³-hybridized carbons (Fsp3) is 0.353. The van der Waals surface area contributed by atoms with Crippen LogP contribution in [0.3, 0.4) is 0 Å². The lowest BCUT2D eigenvalue weighted by Gasteiger charge is -2.25. The van der Waals surface area contributed by atoms with Crippen molar-refractivity contribution in [2.45, 2.75) is 19.1 Å². The van der Waals surface area contributed by atoms with Gasteiger partial charge in [0.2, 0.25) is 0 Å². The molecular formula is C17H20FN3OS. The zero-order chi connectivity index (χ0) is 16.4. The Morgan fingerprint density at radius 3 is 2.83 bits per heavy atom. The second kappa shape index (κ2) is 6.68. The Bertz CT molecular complexity index is 687. The molecule has 1 aliphatic heterocycles. The van der Waals surface area contributed by atoms with Crippen molar-refractivity contribution in [1.82, 2.24) is 15.1 Å². The number of thiophene rings is 1. The van der Waals surface area contributed by atoms with Gasteiger partial charge in [0.15, 0.2) is 0 Å². The summed E-state index contributed by atoms with van der Waals surface area (Å²) in [6.07, 6.45) is 0. The Kier molecular flexibility index (Phi) is 4.63. The van der Waals surface area contributed by atoms with E-state index in [0.717, 1.165) is 11.1 Å². The van der Waals surface area contributed by atoms with Crippen LogP contribution in [0.4, 0.5) is 9.18 Å². The first-order valence-electron chi connectivity index (χ1n) is 7.53. The van der Waals surface area contributed by atoms with Crippen LogP contribution in [0.25, 0.3) is 0 Å². The smallest absolute Gasteiger partial charge is 0.318 e. The van der Waals surface area contributed by atoms with E-state index in [1.165, 1.54) is 17.7 Å². The molecular weight excluding hydrogens is 313 g/mol. The maximum Gasteiger partial charge on any atom is 0.318 e. The maximum atomic E-state index is 13.3. The molecule has 0 saturated carbocycles. The summed E-state index contributed by atoms with van der Waals surface area (Å²) in [5, 5.41) is 7.14. The highest BCUT2D eigenvalue weighted by molar-refractivity contribution is 7.07. The van der Waals surface area contributed by atoms with Gasteiger partial charge < -0.3 is 15.1 Å². The molecule has 0 unspecified atom stereocenters. The molecule has 2 amide bonds. The van der Waals surface area contributed by atoms with Crippen LogP contribution in [-0.2, 0) is 13.1 Å². The Hall–Kier alpha value is -1.92. The van der Waals surface area contributed by atoms with Gasteiger partial charge in [-0.3, -0.25) is 0 Å². The van der Waals surface area contributed by atoms with Crippen LogP contribution >= 0.6 is 11.3 Å². The van der Waals surface area contributed by atoms with E-state index in [4.69, 9.17) is 0 Å². The van der Waals surface area contributed by atoms with Crippen molar-refractivity contribution in [1.29, 1.82) is 0 Å². The molecule has 0 radical (unpaired) electrons. The number of carbonyl (C=O) groups excluding carboxylic acids is 1. The molecule has 6 heteroatoms. The number of fused-ring (bicyclic) bond motifs is 1. The van der Waals surface area contributed by atoms with E-state index in [9.17, 15) is 9.18 Å². The average molecular weight is 333 g/mol. The molecule has 4 nitrogen and oxygen atoms in total. The maximum absolute atomic E-state index is 13.3. The van der Waals surface area contributed by atoms with Gasteiger partial charge in [0.1, 0.15) is 5.82 Å². The van der Waals surface area contributed by atoms with E-state index < -0.39 is 0 Å². The average Bonchev–Trinajstić information content (AvgIpc) is 3.15. The molecule has 3 rings (SSSR count). The number of hydrogen-bond acceptors (Lipinski definition) is 3. The summed E-state index contributed by atoms with van der Waals surface area (Å²) in [4.78, 5) is 16.2. The van der Waals surface area contributed by atoms with Crippen molar-refractivity contribution in [2.75, 3.05) is 20.6 Å². The summed E-state index contributed by atoms with van der Waals surface area (Å²) in [6.45, 7) is 1.54. The SMILES string of the molecule is CN(C)[C@@H](CNC(=O)N1Cc2ccc(F)cc2C1)c1ccsc1. The van der Waals surface area contributed by atoms with Crippen molar-refractivity contribution in [3.05, 3.63) is 57.5 Å². The predicted octanol–water partition coefficient (Wildman–Crippen LogP) is 3.22. The van der Waals surface area contributed by atoms with Gasteiger partial charge in [-0.1, -0.05) is 6.07 Å². The quantitative estimate of drug-likeness (QED) is 0.932. The predicted molar refractivity (Wildman–Crippen MR) is 89.8 cm³/mol. The third-order valence-electron chi connectivity index (χ3n) is 4.18. The molecule has 122 valence electrons. The Labute approximate surface area is 139 Å². The normalized spacial score (nSPS) is 14.9. The number of urea groups is 1. The lowest BCUT2D eigenvalue weighted by Crippen LogP contribution is -2.40. The van der Waals surface area contributed by atoms with Gasteiger partial charge in [0.25, 0.3) is 0 Å². The van der Waals surface area contributed by atoms with E-state index in [2.05, 4.69) is 21.7 Å². The second-order valence-corrected chi connectivity index (χ2v) is 6.77. The molecule has 0 saturated heterocycles. The first-order valence-corrected chi connectivity index (χ1v) is 8.47. The molecule has 0 bridgehead atoms. The number of carbonyl (C=O) groups is 1. The van der Waals surface area contributed by atoms with Crippen molar-refractivity contribution >= 4 is 17.4 Å². The fourth-order valence-electron chi connectivity index (χ4n) is 2.87. The summed E-state index contributed by atoms with van der Waals surface area (Å²) in [5.74, 6) is -0.254. The van der Waals surface area contributed by atoms with E-state index in [1.807, 2.05) is 19.5 Å². The van der Waals surface area contributed by atoms with E-state index in [1.54, 1.807) is 22.3 Å². The van der Waals surface area contributed by atoms with Gasteiger partial charge in [-0.25, -0.2) is 9.18 Å². The number of rotatable bonds is 4. The number of nitrogens with one attached hydrogen (secondary N) is 1. The highest BCUT2D eigenvalue weighted by Crippen LogP contribution is 2.24. The highest BCUT2D eigenvalue weighted by Gasteiger charge is 2.24. The van der Waals surface area contributed by atoms with Crippen molar-refractivity contribution in [3.63, 3.8) is 0 Å². The molecule has 0 fully saturated rings. The molecule has 1 aliphatic rings. The third kappa shape index (κ3) is 3.54. The standard InChI is InChI=1S/C17H20FN3OS/c1-20(2)16(13-5-6-23-11-13)8-19-17(22)21-9-12-3-4-15(18)7-14(12)10-21/h3-7,11,16H,8-10H2,1-2H3,(H,19,22)/t16-/m0/s1. The summed E-state index contributed by atoms with van der Waals surface area (Å²) in [7, 11) is 4.01. The van der Waals surface area contributed by atoms with Gasteiger partial charge in [-0.15, -0.1) is 0 Å². The van der Waals surface area contributed by atoms with E-state index >= 15 is 0 Å². The third-order valence-corrected chi connectivity index (χ3v) is 4.88. The van der Waals surface area contributed by atoms with Crippen LogP contribution < -0.4 is 5.32 Å². The number of nitrogens with zero attached hydrogens (tertiary/aromatic N) is 2. The highest BCUT2D eigenvalue weighted by atomic mass is 32.1. The molecule has 2 heterocycles. The zero-order valence-corrected chi connectivity index (χ0v) is 14.1. The molecule has 23 heavy (non-hydrogen) atoms. The van der Waals surface area contributed by atoms with Gasteiger partial charge in [0.05, 0.1) is 6.04 Å². The molecule has 1 aromatic heterocycles. The lowest BCUT2D eigenvalue weighted by molar-refractivity contribution is 0.193. The monoisotopic (exact) mass is 333 g/mol. The molecule has 0 aliphatic carbocycles. The first-order chi connectivity index (χ1) is 11.0. The van der Waals surface area contributed by atoms with Crippen LogP contribution in [0.15, 0.2) is 35.0 Å². The van der Waals surface area contributed by atoms with Gasteiger partial charge in [-0.2, -0.15) is 11.3 Å². The zero-order valence-electron chi connectivity index (χ0n) is 13.3. The molecule has 0 spiro atoms. The molecule has 1 N–H and O–H groups in total. The van der Waals surface area contributed by atoms with Crippen molar-refractivity contribution in [2.24, 2.45) is 0 Å². The Morgan fingerprint density at radius 2 is 2.13 bits per heavy atom. The van der Waals surface area contributed by atoms with Gasteiger partial charge in [0, 0.05) is 19.6 Å². The van der Waals surface area contributed by atoms with Crippen LogP contribution in [0.2, 0.25) is 0 Å². The topological polar surface area (TPSA) is 35.6 Å². The van der Waals surface area contributed by atoms with Crippen LogP contribution in [-0.4, -0.2) is 36.5 Å². The largest absolute Gasteiger partial charge is 0.336 e.